The lowest BCUT2D eigenvalue weighted by molar-refractivity contribution is -0.115. The standard InChI is InChI=1S/C26H27ClN4OS/c1-17-9-14-22(21(27)15-17)28-25(32)18(2)33-26-29-23-7-5-6-8-24(23)31(26)20-12-10-19(11-13-20)16-30(3)4/h5-15,18H,16H2,1-4H3,(H,28,32). The van der Waals surface area contributed by atoms with E-state index in [1.165, 1.54) is 17.3 Å². The molecule has 0 aliphatic rings. The zero-order valence-electron chi connectivity index (χ0n) is 19.2. The van der Waals surface area contributed by atoms with E-state index in [2.05, 4.69) is 59.2 Å². The molecular formula is C26H27ClN4OS. The van der Waals surface area contributed by atoms with Gasteiger partial charge in [-0.25, -0.2) is 4.98 Å². The fourth-order valence-corrected chi connectivity index (χ4v) is 4.84. The minimum Gasteiger partial charge on any atom is -0.324 e. The topological polar surface area (TPSA) is 50.2 Å². The molecule has 0 saturated heterocycles. The molecule has 1 amide bonds. The molecule has 0 aliphatic carbocycles. The van der Waals surface area contributed by atoms with Crippen LogP contribution in [-0.4, -0.2) is 39.7 Å². The average Bonchev–Trinajstić information content (AvgIpc) is 3.13. The summed E-state index contributed by atoms with van der Waals surface area (Å²) in [7, 11) is 4.12. The number of nitrogens with one attached hydrogen (secondary N) is 1. The molecule has 0 bridgehead atoms. The zero-order valence-corrected chi connectivity index (χ0v) is 20.7. The van der Waals surface area contributed by atoms with E-state index in [1.54, 1.807) is 0 Å². The Kier molecular flexibility index (Phi) is 7.08. The van der Waals surface area contributed by atoms with Crippen LogP contribution in [0.2, 0.25) is 5.02 Å². The number of carbonyl (C=O) groups excluding carboxylic acids is 1. The molecule has 0 spiro atoms. The van der Waals surface area contributed by atoms with Crippen LogP contribution in [0.25, 0.3) is 16.7 Å². The first-order valence-electron chi connectivity index (χ1n) is 10.8. The van der Waals surface area contributed by atoms with Gasteiger partial charge in [0.05, 0.1) is 27.0 Å². The molecule has 4 rings (SSSR count). The summed E-state index contributed by atoms with van der Waals surface area (Å²) < 4.78 is 2.11. The Morgan fingerprint density at radius 2 is 1.85 bits per heavy atom. The first kappa shape index (κ1) is 23.4. The lowest BCUT2D eigenvalue weighted by atomic mass is 10.2. The quantitative estimate of drug-likeness (QED) is 0.323. The van der Waals surface area contributed by atoms with Gasteiger partial charge >= 0.3 is 0 Å². The van der Waals surface area contributed by atoms with Gasteiger partial charge in [0.1, 0.15) is 0 Å². The lowest BCUT2D eigenvalue weighted by Gasteiger charge is -2.15. The number of nitrogens with zero attached hydrogens (tertiary/aromatic N) is 3. The van der Waals surface area contributed by atoms with E-state index < -0.39 is 0 Å². The van der Waals surface area contributed by atoms with E-state index in [9.17, 15) is 4.79 Å². The summed E-state index contributed by atoms with van der Waals surface area (Å²) >= 11 is 7.73. The second-order valence-corrected chi connectivity index (χ2v) is 10.1. The van der Waals surface area contributed by atoms with Gasteiger partial charge in [-0.2, -0.15) is 0 Å². The van der Waals surface area contributed by atoms with E-state index in [0.717, 1.165) is 34.0 Å². The van der Waals surface area contributed by atoms with Crippen molar-refractivity contribution in [3.63, 3.8) is 0 Å². The summed E-state index contributed by atoms with van der Waals surface area (Å²) in [5.74, 6) is -0.120. The molecule has 1 unspecified atom stereocenters. The van der Waals surface area contributed by atoms with E-state index in [1.807, 2.05) is 50.2 Å². The highest BCUT2D eigenvalue weighted by molar-refractivity contribution is 8.00. The third kappa shape index (κ3) is 5.41. The molecule has 0 radical (unpaired) electrons. The number of carbonyl (C=O) groups is 1. The number of benzene rings is 3. The van der Waals surface area contributed by atoms with E-state index in [-0.39, 0.29) is 11.2 Å². The number of hydrogen-bond acceptors (Lipinski definition) is 4. The van der Waals surface area contributed by atoms with Gasteiger partial charge in [-0.15, -0.1) is 0 Å². The maximum absolute atomic E-state index is 12.9. The van der Waals surface area contributed by atoms with Crippen molar-refractivity contribution in [2.75, 3.05) is 19.4 Å². The second kappa shape index (κ2) is 10.00. The second-order valence-electron chi connectivity index (χ2n) is 8.36. The van der Waals surface area contributed by atoms with Gasteiger partial charge in [-0.05, 0) is 75.5 Å². The fourth-order valence-electron chi connectivity index (χ4n) is 3.62. The largest absolute Gasteiger partial charge is 0.324 e. The zero-order chi connectivity index (χ0) is 23.5. The molecule has 3 aromatic carbocycles. The Hall–Kier alpha value is -2.80. The smallest absolute Gasteiger partial charge is 0.237 e. The Labute approximate surface area is 203 Å². The molecule has 1 heterocycles. The van der Waals surface area contributed by atoms with Crippen LogP contribution in [0.1, 0.15) is 18.1 Å². The number of halogens is 1. The number of fused-ring (bicyclic) bond motifs is 1. The van der Waals surface area contributed by atoms with Crippen molar-refractivity contribution in [3.05, 3.63) is 82.9 Å². The Morgan fingerprint density at radius 3 is 2.55 bits per heavy atom. The van der Waals surface area contributed by atoms with Crippen molar-refractivity contribution >= 4 is 46.0 Å². The Balaban J connectivity index is 1.61. The van der Waals surface area contributed by atoms with Crippen LogP contribution < -0.4 is 5.32 Å². The first-order chi connectivity index (χ1) is 15.8. The Morgan fingerprint density at radius 1 is 1.12 bits per heavy atom. The normalized spacial score (nSPS) is 12.3. The van der Waals surface area contributed by atoms with Crippen molar-refractivity contribution in [1.29, 1.82) is 0 Å². The summed E-state index contributed by atoms with van der Waals surface area (Å²) in [5.41, 5.74) is 5.82. The van der Waals surface area contributed by atoms with E-state index in [0.29, 0.717) is 10.7 Å². The summed E-state index contributed by atoms with van der Waals surface area (Å²) in [4.78, 5) is 19.9. The number of para-hydroxylation sites is 2. The van der Waals surface area contributed by atoms with Gasteiger partial charge in [-0.1, -0.05) is 53.7 Å². The molecular weight excluding hydrogens is 452 g/mol. The number of thioether (sulfide) groups is 1. The first-order valence-corrected chi connectivity index (χ1v) is 12.0. The number of anilines is 1. The van der Waals surface area contributed by atoms with Gasteiger partial charge in [0.15, 0.2) is 5.16 Å². The minimum atomic E-state index is -0.369. The van der Waals surface area contributed by atoms with Gasteiger partial charge in [0, 0.05) is 12.2 Å². The lowest BCUT2D eigenvalue weighted by Crippen LogP contribution is -2.23. The molecule has 0 saturated carbocycles. The van der Waals surface area contributed by atoms with Crippen LogP contribution in [0, 0.1) is 6.92 Å². The van der Waals surface area contributed by atoms with Crippen molar-refractivity contribution in [2.45, 2.75) is 30.8 Å². The van der Waals surface area contributed by atoms with Gasteiger partial charge < -0.3 is 10.2 Å². The highest BCUT2D eigenvalue weighted by Crippen LogP contribution is 2.31. The van der Waals surface area contributed by atoms with Crippen LogP contribution in [0.15, 0.2) is 71.9 Å². The third-order valence-corrected chi connectivity index (χ3v) is 6.62. The predicted molar refractivity (Wildman–Crippen MR) is 139 cm³/mol. The maximum Gasteiger partial charge on any atom is 0.237 e. The summed E-state index contributed by atoms with van der Waals surface area (Å²) in [6.45, 7) is 4.73. The van der Waals surface area contributed by atoms with Crippen molar-refractivity contribution in [3.8, 4) is 5.69 Å². The molecule has 7 heteroatoms. The molecule has 1 aromatic heterocycles. The SMILES string of the molecule is Cc1ccc(NC(=O)C(C)Sc2nc3ccccc3n2-c2ccc(CN(C)C)cc2)c(Cl)c1. The fraction of sp³-hybridized carbons (Fsp3) is 0.231. The highest BCUT2D eigenvalue weighted by Gasteiger charge is 2.21. The minimum absolute atomic E-state index is 0.120. The Bertz CT molecular complexity index is 1280. The molecule has 1 N–H and O–H groups in total. The summed E-state index contributed by atoms with van der Waals surface area (Å²) in [5, 5.41) is 3.88. The number of aromatic nitrogens is 2. The summed E-state index contributed by atoms with van der Waals surface area (Å²) in [6.07, 6.45) is 0. The molecule has 1 atom stereocenters. The molecule has 5 nitrogen and oxygen atoms in total. The van der Waals surface area contributed by atoms with E-state index in [4.69, 9.17) is 16.6 Å². The monoisotopic (exact) mass is 478 g/mol. The average molecular weight is 479 g/mol. The van der Waals surface area contributed by atoms with E-state index >= 15 is 0 Å². The van der Waals surface area contributed by atoms with Crippen molar-refractivity contribution in [1.82, 2.24) is 14.5 Å². The molecule has 170 valence electrons. The van der Waals surface area contributed by atoms with Gasteiger partial charge in [-0.3, -0.25) is 9.36 Å². The van der Waals surface area contributed by atoms with Crippen LogP contribution in [-0.2, 0) is 11.3 Å². The summed E-state index contributed by atoms with van der Waals surface area (Å²) in [6, 6.07) is 22.1. The highest BCUT2D eigenvalue weighted by atomic mass is 35.5. The van der Waals surface area contributed by atoms with Crippen LogP contribution >= 0.6 is 23.4 Å². The van der Waals surface area contributed by atoms with Crippen LogP contribution in [0.3, 0.4) is 0 Å². The van der Waals surface area contributed by atoms with Gasteiger partial charge in [0.2, 0.25) is 5.91 Å². The molecule has 0 fully saturated rings. The van der Waals surface area contributed by atoms with Crippen LogP contribution in [0.4, 0.5) is 5.69 Å². The number of hydrogen-bond donors (Lipinski definition) is 1. The maximum atomic E-state index is 12.9. The predicted octanol–water partition coefficient (Wildman–Crippen LogP) is 6.17. The third-order valence-electron chi connectivity index (χ3n) is 5.26. The number of imidazole rings is 1. The number of rotatable bonds is 7. The molecule has 33 heavy (non-hydrogen) atoms. The molecule has 4 aromatic rings. The molecule has 0 aliphatic heterocycles. The van der Waals surface area contributed by atoms with Crippen LogP contribution in [0.5, 0.6) is 0 Å². The number of aryl methyl sites for hydroxylation is 1. The number of amides is 1. The van der Waals surface area contributed by atoms with Crippen molar-refractivity contribution < 1.29 is 4.79 Å². The van der Waals surface area contributed by atoms with Crippen molar-refractivity contribution in [2.24, 2.45) is 0 Å². The van der Waals surface area contributed by atoms with Gasteiger partial charge in [0.25, 0.3) is 0 Å².